The molecule has 3 rings (SSSR count). The number of guanidine groups is 1. The Labute approximate surface area is 236 Å². The van der Waals surface area contributed by atoms with Crippen LogP contribution in [0.2, 0.25) is 0 Å². The SMILES string of the molecule is COC(=O)C(Cc1c[nH]c2ccccc12)NC(=O)C(CCCN=C(N)NOON)NC(=O)C([NH3+])Cc1ccccc1. The van der Waals surface area contributed by atoms with E-state index in [2.05, 4.69) is 41.8 Å². The maximum Gasteiger partial charge on any atom is 0.328 e. The second kappa shape index (κ2) is 15.9. The predicted molar refractivity (Wildman–Crippen MR) is 150 cm³/mol. The number of benzene rings is 2. The van der Waals surface area contributed by atoms with Crippen molar-refractivity contribution < 1.29 is 34.8 Å². The fourth-order valence-corrected chi connectivity index (χ4v) is 4.27. The van der Waals surface area contributed by atoms with Crippen LogP contribution in [0.15, 0.2) is 65.8 Å². The van der Waals surface area contributed by atoms with Crippen molar-refractivity contribution in [3.8, 4) is 0 Å². The van der Waals surface area contributed by atoms with Crippen molar-refractivity contribution >= 4 is 34.6 Å². The number of nitrogens with two attached hydrogens (primary N) is 2. The second-order valence-electron chi connectivity index (χ2n) is 9.29. The summed E-state index contributed by atoms with van der Waals surface area (Å²) < 4.78 is 4.97. The number of hydrogen-bond donors (Lipinski definition) is 7. The number of nitrogens with one attached hydrogen (secondary N) is 4. The Balaban J connectivity index is 1.72. The van der Waals surface area contributed by atoms with Crippen molar-refractivity contribution in [2.75, 3.05) is 13.7 Å². The van der Waals surface area contributed by atoms with Gasteiger partial charge in [-0.3, -0.25) is 14.6 Å². The molecule has 0 bridgehead atoms. The van der Waals surface area contributed by atoms with Gasteiger partial charge in [0.2, 0.25) is 11.9 Å². The largest absolute Gasteiger partial charge is 0.467 e. The molecular weight excluding hydrogens is 532 g/mol. The number of aromatic nitrogens is 1. The van der Waals surface area contributed by atoms with Crippen LogP contribution in [0.5, 0.6) is 0 Å². The van der Waals surface area contributed by atoms with Crippen LogP contribution in [-0.2, 0) is 41.9 Å². The van der Waals surface area contributed by atoms with Crippen LogP contribution in [0.1, 0.15) is 24.0 Å². The Bertz CT molecular complexity index is 1320. The van der Waals surface area contributed by atoms with E-state index in [0.717, 1.165) is 22.0 Å². The number of esters is 1. The fraction of sp³-hybridized carbons (Fsp3) is 0.333. The van der Waals surface area contributed by atoms with Crippen molar-refractivity contribution in [3.05, 3.63) is 71.9 Å². The van der Waals surface area contributed by atoms with Crippen LogP contribution in [0.4, 0.5) is 0 Å². The highest BCUT2D eigenvalue weighted by molar-refractivity contribution is 5.92. The molecule has 3 unspecified atom stereocenters. The molecule has 0 saturated heterocycles. The van der Waals surface area contributed by atoms with Crippen molar-refractivity contribution in [2.45, 2.75) is 43.8 Å². The first-order valence-corrected chi connectivity index (χ1v) is 13.0. The van der Waals surface area contributed by atoms with E-state index in [1.807, 2.05) is 54.6 Å². The minimum Gasteiger partial charge on any atom is -0.467 e. The topological polar surface area (TPSA) is 223 Å². The molecule has 220 valence electrons. The zero-order valence-corrected chi connectivity index (χ0v) is 22.8. The number of para-hydroxylation sites is 1. The number of quaternary nitrogens is 1. The van der Waals surface area contributed by atoms with Gasteiger partial charge in [-0.05, 0) is 30.0 Å². The van der Waals surface area contributed by atoms with Crippen LogP contribution < -0.4 is 33.5 Å². The number of hydroxylamine groups is 1. The number of carbonyl (C=O) groups excluding carboxylic acids is 3. The molecular formula is C27H37N8O6+. The summed E-state index contributed by atoms with van der Waals surface area (Å²) in [5.74, 6) is 3.09. The Morgan fingerprint density at radius 1 is 1.00 bits per heavy atom. The number of H-pyrrole nitrogens is 1. The Hall–Kier alpha value is -4.50. The van der Waals surface area contributed by atoms with E-state index in [0.29, 0.717) is 12.8 Å². The molecule has 0 radical (unpaired) electrons. The third-order valence-corrected chi connectivity index (χ3v) is 6.36. The molecule has 2 amide bonds. The van der Waals surface area contributed by atoms with Gasteiger partial charge < -0.3 is 31.8 Å². The highest BCUT2D eigenvalue weighted by Crippen LogP contribution is 2.19. The van der Waals surface area contributed by atoms with E-state index in [9.17, 15) is 14.4 Å². The molecule has 0 saturated carbocycles. The molecule has 1 heterocycles. The summed E-state index contributed by atoms with van der Waals surface area (Å²) in [5, 5.41) is 6.46. The highest BCUT2D eigenvalue weighted by Gasteiger charge is 2.30. The number of rotatable bonds is 15. The first kappa shape index (κ1) is 31.0. The molecule has 0 aliphatic carbocycles. The highest BCUT2D eigenvalue weighted by atomic mass is 17.3. The Kier molecular flexibility index (Phi) is 12.1. The number of fused-ring (bicyclic) bond motifs is 1. The van der Waals surface area contributed by atoms with E-state index < -0.39 is 35.9 Å². The van der Waals surface area contributed by atoms with Crippen LogP contribution >= 0.6 is 0 Å². The normalized spacial score (nSPS) is 13.7. The van der Waals surface area contributed by atoms with Gasteiger partial charge in [0.25, 0.3) is 5.91 Å². The number of aliphatic imine (C=N–C) groups is 1. The zero-order valence-electron chi connectivity index (χ0n) is 22.8. The average molecular weight is 570 g/mol. The van der Waals surface area contributed by atoms with Gasteiger partial charge in [0, 0.05) is 36.5 Å². The maximum absolute atomic E-state index is 13.5. The van der Waals surface area contributed by atoms with Gasteiger partial charge in [-0.15, -0.1) is 4.99 Å². The van der Waals surface area contributed by atoms with Crippen LogP contribution in [0, 0.1) is 0 Å². The molecule has 3 aromatic rings. The van der Waals surface area contributed by atoms with Gasteiger partial charge >= 0.3 is 5.97 Å². The first-order valence-electron chi connectivity index (χ1n) is 13.0. The predicted octanol–water partition coefficient (Wildman–Crippen LogP) is -0.872. The lowest BCUT2D eigenvalue weighted by atomic mass is 10.0. The quantitative estimate of drug-likeness (QED) is 0.0301. The molecule has 14 heteroatoms. The number of ether oxygens (including phenoxy) is 1. The minimum atomic E-state index is -0.989. The molecule has 11 N–H and O–H groups in total. The van der Waals surface area contributed by atoms with Crippen LogP contribution in [-0.4, -0.2) is 60.5 Å². The molecule has 0 aliphatic rings. The standard InChI is InChI=1S/C27H36N8O6/c1-39-26(38)23(15-18-16-32-21-11-6-5-10-19(18)21)34-25(37)22(12-7-13-31-27(29)35-41-40-30)33-24(36)20(28)14-17-8-3-2-4-9-17/h2-6,8-11,16,20,22-23,32H,7,12-15,28,30H2,1H3,(H,33,36)(H,34,37)(H3,29,31,35)/p+1. The fourth-order valence-electron chi connectivity index (χ4n) is 4.27. The van der Waals surface area contributed by atoms with Crippen LogP contribution in [0.3, 0.4) is 0 Å². The number of amides is 2. The molecule has 14 nitrogen and oxygen atoms in total. The lowest BCUT2D eigenvalue weighted by Gasteiger charge is -2.23. The molecule has 3 atom stereocenters. The Morgan fingerprint density at radius 2 is 1.71 bits per heavy atom. The number of carbonyl (C=O) groups is 3. The maximum atomic E-state index is 13.5. The molecule has 0 aliphatic heterocycles. The van der Waals surface area contributed by atoms with E-state index in [1.165, 1.54) is 7.11 Å². The molecule has 1 aromatic heterocycles. The van der Waals surface area contributed by atoms with E-state index in [1.54, 1.807) is 6.20 Å². The summed E-state index contributed by atoms with van der Waals surface area (Å²) in [7, 11) is 1.25. The van der Waals surface area contributed by atoms with Crippen molar-refractivity contribution in [3.63, 3.8) is 0 Å². The van der Waals surface area contributed by atoms with Gasteiger partial charge in [0.15, 0.2) is 6.04 Å². The number of nitrogens with zero attached hydrogens (tertiary/aromatic N) is 1. The van der Waals surface area contributed by atoms with Gasteiger partial charge in [-0.2, -0.15) is 5.90 Å². The van der Waals surface area contributed by atoms with E-state index in [-0.39, 0.29) is 25.3 Å². The summed E-state index contributed by atoms with van der Waals surface area (Å²) in [6.07, 6.45) is 2.92. The summed E-state index contributed by atoms with van der Waals surface area (Å²) in [6, 6.07) is 14.4. The van der Waals surface area contributed by atoms with Gasteiger partial charge in [-0.1, -0.05) is 53.5 Å². The van der Waals surface area contributed by atoms with E-state index in [4.69, 9.17) is 16.4 Å². The molecule has 41 heavy (non-hydrogen) atoms. The monoisotopic (exact) mass is 569 g/mol. The molecule has 0 fully saturated rings. The summed E-state index contributed by atoms with van der Waals surface area (Å²) in [5.41, 5.74) is 14.4. The van der Waals surface area contributed by atoms with Crippen molar-refractivity contribution in [1.82, 2.24) is 21.1 Å². The van der Waals surface area contributed by atoms with Gasteiger partial charge in [0.1, 0.15) is 12.1 Å². The minimum absolute atomic E-state index is 0.0920. The average Bonchev–Trinajstić information content (AvgIpc) is 3.39. The summed E-state index contributed by atoms with van der Waals surface area (Å²) >= 11 is 0. The summed E-state index contributed by atoms with van der Waals surface area (Å²) in [4.78, 5) is 54.6. The lowest BCUT2D eigenvalue weighted by molar-refractivity contribution is -0.403. The summed E-state index contributed by atoms with van der Waals surface area (Å²) in [6.45, 7) is 0.194. The number of methoxy groups -OCH3 is 1. The van der Waals surface area contributed by atoms with Crippen molar-refractivity contribution in [2.24, 2.45) is 16.6 Å². The molecule has 0 spiro atoms. The van der Waals surface area contributed by atoms with Gasteiger partial charge in [-0.25, -0.2) is 10.3 Å². The molecule has 2 aromatic carbocycles. The first-order chi connectivity index (χ1) is 19.8. The van der Waals surface area contributed by atoms with Crippen molar-refractivity contribution in [1.29, 1.82) is 0 Å². The van der Waals surface area contributed by atoms with E-state index >= 15 is 0 Å². The van der Waals surface area contributed by atoms with Crippen LogP contribution in [0.25, 0.3) is 10.9 Å². The van der Waals surface area contributed by atoms with Gasteiger partial charge in [0.05, 0.1) is 7.11 Å². The third-order valence-electron chi connectivity index (χ3n) is 6.36. The Morgan fingerprint density at radius 3 is 2.44 bits per heavy atom. The zero-order chi connectivity index (χ0) is 29.6. The third kappa shape index (κ3) is 9.58. The second-order valence-corrected chi connectivity index (χ2v) is 9.29. The smallest absolute Gasteiger partial charge is 0.328 e. The number of hydrogen-bond acceptors (Lipinski definition) is 8. The number of aromatic amines is 1. The lowest BCUT2D eigenvalue weighted by Crippen LogP contribution is -2.70.